The van der Waals surface area contributed by atoms with Crippen molar-refractivity contribution in [1.29, 1.82) is 0 Å². The summed E-state index contributed by atoms with van der Waals surface area (Å²) in [5, 5.41) is 0. The molecule has 0 aliphatic heterocycles. The topological polar surface area (TPSA) is 26.3 Å². The number of carbonyl (C=O) groups excluding carboxylic acids is 1. The fraction of sp³-hybridized carbons (Fsp3) is 0.857. The average molecular weight is 165 g/mol. The Morgan fingerprint density at radius 3 is 2.60 bits per heavy atom. The van der Waals surface area contributed by atoms with Crippen LogP contribution >= 0.6 is 11.6 Å². The van der Waals surface area contributed by atoms with Crippen LogP contribution in [0, 0.1) is 5.92 Å². The number of hydrogen-bond acceptors (Lipinski definition) is 2. The predicted octanol–water partition coefficient (Wildman–Crippen LogP) is 1.47. The lowest BCUT2D eigenvalue weighted by atomic mass is 10.2. The highest BCUT2D eigenvalue weighted by molar-refractivity contribution is 6.27. The minimum atomic E-state index is -0.0534. The van der Waals surface area contributed by atoms with Crippen LogP contribution in [0.3, 0.4) is 0 Å². The van der Waals surface area contributed by atoms with Crippen LogP contribution in [0.15, 0.2) is 0 Å². The molecule has 0 heterocycles. The Balaban J connectivity index is 3.12. The van der Waals surface area contributed by atoms with Crippen molar-refractivity contribution in [3.05, 3.63) is 0 Å². The van der Waals surface area contributed by atoms with Gasteiger partial charge in [0.15, 0.2) is 5.78 Å². The van der Waals surface area contributed by atoms with Gasteiger partial charge in [0.05, 0.1) is 5.88 Å². The fourth-order valence-electron chi connectivity index (χ4n) is 0.447. The maximum Gasteiger partial charge on any atom is 0.173 e. The minimum Gasteiger partial charge on any atom is -0.373 e. The molecule has 3 heteroatoms. The molecule has 60 valence electrons. The summed E-state index contributed by atoms with van der Waals surface area (Å²) in [4.78, 5) is 10.5. The zero-order valence-corrected chi connectivity index (χ0v) is 7.15. The van der Waals surface area contributed by atoms with E-state index >= 15 is 0 Å². The van der Waals surface area contributed by atoms with Gasteiger partial charge in [-0.2, -0.15) is 0 Å². The van der Waals surface area contributed by atoms with Crippen LogP contribution in [0.5, 0.6) is 0 Å². The van der Waals surface area contributed by atoms with E-state index in [1.807, 2.05) is 13.8 Å². The molecule has 0 spiro atoms. The first kappa shape index (κ1) is 9.92. The summed E-state index contributed by atoms with van der Waals surface area (Å²) in [5.74, 6) is 0.475. The molecule has 0 saturated heterocycles. The molecule has 0 aliphatic carbocycles. The zero-order valence-electron chi connectivity index (χ0n) is 6.39. The van der Waals surface area contributed by atoms with Gasteiger partial charge in [-0.05, 0) is 5.92 Å². The highest BCUT2D eigenvalue weighted by Gasteiger charge is 1.99. The van der Waals surface area contributed by atoms with Crippen LogP contribution in [0.4, 0.5) is 0 Å². The van der Waals surface area contributed by atoms with Crippen molar-refractivity contribution >= 4 is 17.4 Å². The Morgan fingerprint density at radius 2 is 2.20 bits per heavy atom. The number of ether oxygens (including phenoxy) is 1. The van der Waals surface area contributed by atoms with E-state index in [1.54, 1.807) is 0 Å². The molecule has 0 aromatic heterocycles. The van der Waals surface area contributed by atoms with E-state index in [4.69, 9.17) is 16.3 Å². The molecule has 0 aromatic carbocycles. The number of Topliss-reactive ketones (excluding diaryl/α,β-unsaturated/α-hetero) is 1. The Kier molecular flexibility index (Phi) is 5.64. The lowest BCUT2D eigenvalue weighted by Crippen LogP contribution is -2.12. The summed E-state index contributed by atoms with van der Waals surface area (Å²) in [6.45, 7) is 4.85. The van der Waals surface area contributed by atoms with Crippen LogP contribution in [-0.4, -0.2) is 24.9 Å². The number of carbonyl (C=O) groups is 1. The number of alkyl halides is 1. The zero-order chi connectivity index (χ0) is 7.98. The van der Waals surface area contributed by atoms with Gasteiger partial charge in [0, 0.05) is 6.61 Å². The largest absolute Gasteiger partial charge is 0.373 e. The molecule has 0 N–H and O–H groups in total. The van der Waals surface area contributed by atoms with Crippen molar-refractivity contribution in [1.82, 2.24) is 0 Å². The van der Waals surface area contributed by atoms with Crippen molar-refractivity contribution in [3.63, 3.8) is 0 Å². The van der Waals surface area contributed by atoms with E-state index in [1.165, 1.54) is 0 Å². The molecule has 0 bridgehead atoms. The Bertz CT molecular complexity index is 102. The Hall–Kier alpha value is -0.0800. The first-order valence-electron chi connectivity index (χ1n) is 3.32. The van der Waals surface area contributed by atoms with Gasteiger partial charge < -0.3 is 4.74 Å². The summed E-state index contributed by atoms with van der Waals surface area (Å²) in [6.07, 6.45) is 0. The van der Waals surface area contributed by atoms with E-state index in [0.29, 0.717) is 12.5 Å². The van der Waals surface area contributed by atoms with Crippen LogP contribution in [0.25, 0.3) is 0 Å². The first-order valence-corrected chi connectivity index (χ1v) is 3.85. The third-order valence-electron chi connectivity index (χ3n) is 0.863. The van der Waals surface area contributed by atoms with Crippen LogP contribution in [0.1, 0.15) is 13.8 Å². The molecule has 0 aliphatic rings. The van der Waals surface area contributed by atoms with Gasteiger partial charge in [-0.3, -0.25) is 4.79 Å². The van der Waals surface area contributed by atoms with Crippen LogP contribution < -0.4 is 0 Å². The standard InChI is InChI=1S/C7H13ClO2/c1-6(2)4-10-5-7(9)3-8/h6H,3-5H2,1-2H3. The van der Waals surface area contributed by atoms with Gasteiger partial charge in [-0.25, -0.2) is 0 Å². The number of ketones is 1. The van der Waals surface area contributed by atoms with Crippen molar-refractivity contribution in [3.8, 4) is 0 Å². The Labute approximate surface area is 66.5 Å². The molecule has 0 unspecified atom stereocenters. The van der Waals surface area contributed by atoms with Crippen molar-refractivity contribution < 1.29 is 9.53 Å². The van der Waals surface area contributed by atoms with E-state index in [-0.39, 0.29) is 18.3 Å². The smallest absolute Gasteiger partial charge is 0.173 e. The van der Waals surface area contributed by atoms with Gasteiger partial charge in [-0.15, -0.1) is 11.6 Å². The maximum absolute atomic E-state index is 10.5. The van der Waals surface area contributed by atoms with Crippen molar-refractivity contribution in [2.24, 2.45) is 5.92 Å². The van der Waals surface area contributed by atoms with Gasteiger partial charge in [0.25, 0.3) is 0 Å². The highest BCUT2D eigenvalue weighted by Crippen LogP contribution is 1.92. The maximum atomic E-state index is 10.5. The summed E-state index contributed by atoms with van der Waals surface area (Å²) in [5.41, 5.74) is 0. The number of halogens is 1. The van der Waals surface area contributed by atoms with E-state index < -0.39 is 0 Å². The second-order valence-corrected chi connectivity index (χ2v) is 2.85. The van der Waals surface area contributed by atoms with E-state index in [9.17, 15) is 4.79 Å². The molecule has 0 fully saturated rings. The molecular weight excluding hydrogens is 152 g/mol. The van der Waals surface area contributed by atoms with E-state index in [2.05, 4.69) is 0 Å². The van der Waals surface area contributed by atoms with Crippen LogP contribution in [-0.2, 0) is 9.53 Å². The third-order valence-corrected chi connectivity index (χ3v) is 1.16. The summed E-state index contributed by atoms with van der Waals surface area (Å²) >= 11 is 5.24. The predicted molar refractivity (Wildman–Crippen MR) is 41.4 cm³/mol. The highest BCUT2D eigenvalue weighted by atomic mass is 35.5. The monoisotopic (exact) mass is 164 g/mol. The van der Waals surface area contributed by atoms with Gasteiger partial charge in [-0.1, -0.05) is 13.8 Å². The number of hydrogen-bond donors (Lipinski definition) is 0. The lowest BCUT2D eigenvalue weighted by molar-refractivity contribution is -0.121. The van der Waals surface area contributed by atoms with Gasteiger partial charge >= 0.3 is 0 Å². The second-order valence-electron chi connectivity index (χ2n) is 2.58. The van der Waals surface area contributed by atoms with Crippen molar-refractivity contribution in [2.45, 2.75) is 13.8 Å². The first-order chi connectivity index (χ1) is 4.66. The molecular formula is C7H13ClO2. The molecule has 0 rings (SSSR count). The molecule has 2 nitrogen and oxygen atoms in total. The van der Waals surface area contributed by atoms with Crippen LogP contribution in [0.2, 0.25) is 0 Å². The normalized spacial score (nSPS) is 10.4. The fourth-order valence-corrected chi connectivity index (χ4v) is 0.524. The summed E-state index contributed by atoms with van der Waals surface area (Å²) in [6, 6.07) is 0. The summed E-state index contributed by atoms with van der Waals surface area (Å²) in [7, 11) is 0. The minimum absolute atomic E-state index is 0.0534. The molecule has 0 amide bonds. The third kappa shape index (κ3) is 6.05. The Morgan fingerprint density at radius 1 is 1.60 bits per heavy atom. The summed E-state index contributed by atoms with van der Waals surface area (Å²) < 4.78 is 5.01. The van der Waals surface area contributed by atoms with Crippen molar-refractivity contribution in [2.75, 3.05) is 19.1 Å². The SMILES string of the molecule is CC(C)COCC(=O)CCl. The molecule has 10 heavy (non-hydrogen) atoms. The average Bonchev–Trinajstić information content (AvgIpc) is 1.87. The molecule has 0 atom stereocenters. The van der Waals surface area contributed by atoms with Gasteiger partial charge in [0.2, 0.25) is 0 Å². The molecule has 0 radical (unpaired) electrons. The molecule has 0 aromatic rings. The van der Waals surface area contributed by atoms with Gasteiger partial charge in [0.1, 0.15) is 6.61 Å². The lowest BCUT2D eigenvalue weighted by Gasteiger charge is -2.03. The molecule has 0 saturated carbocycles. The quantitative estimate of drug-likeness (QED) is 0.576. The van der Waals surface area contributed by atoms with E-state index in [0.717, 1.165) is 0 Å². The second kappa shape index (κ2) is 5.69. The number of rotatable bonds is 5.